The highest BCUT2D eigenvalue weighted by Gasteiger charge is 2.14. The Morgan fingerprint density at radius 3 is 2.88 bits per heavy atom. The zero-order valence-electron chi connectivity index (χ0n) is 10.5. The van der Waals surface area contributed by atoms with Crippen LogP contribution < -0.4 is 11.3 Å². The zero-order valence-corrected chi connectivity index (χ0v) is 10.5. The highest BCUT2D eigenvalue weighted by Crippen LogP contribution is 2.18. The molecule has 17 heavy (non-hydrogen) atoms. The van der Waals surface area contributed by atoms with Gasteiger partial charge in [-0.05, 0) is 19.9 Å². The summed E-state index contributed by atoms with van der Waals surface area (Å²) in [7, 11) is 0. The number of nitrogens with zero attached hydrogens (tertiary/aromatic N) is 1. The minimum atomic E-state index is -0.140. The minimum absolute atomic E-state index is 0.129. The lowest BCUT2D eigenvalue weighted by molar-refractivity contribution is 0.0490. The van der Waals surface area contributed by atoms with Gasteiger partial charge in [0.1, 0.15) is 11.9 Å². The molecule has 0 radical (unpaired) electrons. The molecular weight excluding hydrogens is 218 g/mol. The number of nitrogens with one attached hydrogen (secondary N) is 1. The van der Waals surface area contributed by atoms with Gasteiger partial charge in [-0.25, -0.2) is 4.98 Å². The second-order valence-electron chi connectivity index (χ2n) is 3.89. The van der Waals surface area contributed by atoms with Gasteiger partial charge in [-0.15, -0.1) is 0 Å². The molecule has 0 spiro atoms. The van der Waals surface area contributed by atoms with Gasteiger partial charge in [0.25, 0.3) is 5.56 Å². The lowest BCUT2D eigenvalue weighted by Crippen LogP contribution is -2.19. The average molecular weight is 239 g/mol. The van der Waals surface area contributed by atoms with E-state index in [1.807, 2.05) is 6.92 Å². The summed E-state index contributed by atoms with van der Waals surface area (Å²) in [6.45, 7) is 5.11. The Morgan fingerprint density at radius 2 is 2.29 bits per heavy atom. The largest absolute Gasteiger partial charge is 0.371 e. The second kappa shape index (κ2) is 7.19. The smallest absolute Gasteiger partial charge is 0.251 e. The normalized spacial score (nSPS) is 12.6. The molecule has 1 atom stereocenters. The predicted molar refractivity (Wildman–Crippen MR) is 66.9 cm³/mol. The molecule has 0 aliphatic rings. The van der Waals surface area contributed by atoms with Crippen molar-refractivity contribution in [3.63, 3.8) is 0 Å². The van der Waals surface area contributed by atoms with Crippen molar-refractivity contribution in [2.75, 3.05) is 13.2 Å². The molecule has 3 N–H and O–H groups in total. The summed E-state index contributed by atoms with van der Waals surface area (Å²) in [4.78, 5) is 18.7. The number of hydrogen-bond acceptors (Lipinski definition) is 4. The van der Waals surface area contributed by atoms with Crippen LogP contribution in [0.3, 0.4) is 0 Å². The number of aromatic amines is 1. The molecular formula is C12H21N3O2. The predicted octanol–water partition coefficient (Wildman–Crippen LogP) is 1.15. The molecule has 1 unspecified atom stereocenters. The molecule has 1 heterocycles. The maximum Gasteiger partial charge on any atom is 0.251 e. The molecule has 0 bridgehead atoms. The zero-order chi connectivity index (χ0) is 12.7. The molecule has 0 aromatic carbocycles. The molecule has 1 aromatic rings. The van der Waals surface area contributed by atoms with Crippen molar-refractivity contribution in [1.29, 1.82) is 0 Å². The summed E-state index contributed by atoms with van der Waals surface area (Å²) in [5.74, 6) is 0.615. The van der Waals surface area contributed by atoms with Gasteiger partial charge in [0.05, 0.1) is 0 Å². The highest BCUT2D eigenvalue weighted by molar-refractivity contribution is 5.05. The molecule has 5 heteroatoms. The minimum Gasteiger partial charge on any atom is -0.371 e. The highest BCUT2D eigenvalue weighted by atomic mass is 16.5. The molecule has 1 rings (SSSR count). The first kappa shape index (κ1) is 13.9. The van der Waals surface area contributed by atoms with E-state index in [2.05, 4.69) is 16.9 Å². The maximum absolute atomic E-state index is 11.5. The molecule has 0 aliphatic carbocycles. The second-order valence-corrected chi connectivity index (χ2v) is 3.89. The summed E-state index contributed by atoms with van der Waals surface area (Å²) in [6, 6.07) is 1.49. The van der Waals surface area contributed by atoms with E-state index in [9.17, 15) is 4.79 Å². The molecule has 0 saturated carbocycles. The van der Waals surface area contributed by atoms with Crippen LogP contribution in [0.1, 0.15) is 44.3 Å². The Balaban J connectivity index is 2.96. The third-order valence-electron chi connectivity index (χ3n) is 2.44. The lowest BCUT2D eigenvalue weighted by atomic mass is 10.2. The van der Waals surface area contributed by atoms with Crippen LogP contribution >= 0.6 is 0 Å². The van der Waals surface area contributed by atoms with Crippen LogP contribution in [-0.4, -0.2) is 23.1 Å². The van der Waals surface area contributed by atoms with Gasteiger partial charge in [-0.3, -0.25) is 4.79 Å². The van der Waals surface area contributed by atoms with E-state index in [1.54, 1.807) is 0 Å². The quantitative estimate of drug-likeness (QED) is 0.748. The first-order chi connectivity index (χ1) is 8.21. The van der Waals surface area contributed by atoms with E-state index in [4.69, 9.17) is 10.5 Å². The van der Waals surface area contributed by atoms with Crippen molar-refractivity contribution in [3.8, 4) is 0 Å². The third-order valence-corrected chi connectivity index (χ3v) is 2.44. The van der Waals surface area contributed by atoms with E-state index in [-0.39, 0.29) is 11.7 Å². The fourth-order valence-electron chi connectivity index (χ4n) is 1.72. The van der Waals surface area contributed by atoms with E-state index in [1.165, 1.54) is 6.07 Å². The third kappa shape index (κ3) is 4.28. The number of rotatable bonds is 7. The first-order valence-corrected chi connectivity index (χ1v) is 6.13. The monoisotopic (exact) mass is 239 g/mol. The van der Waals surface area contributed by atoms with Crippen molar-refractivity contribution in [3.05, 3.63) is 27.9 Å². The molecule has 0 fully saturated rings. The van der Waals surface area contributed by atoms with Crippen LogP contribution in [0.2, 0.25) is 0 Å². The Morgan fingerprint density at radius 1 is 1.53 bits per heavy atom. The van der Waals surface area contributed by atoms with Crippen molar-refractivity contribution in [1.82, 2.24) is 9.97 Å². The van der Waals surface area contributed by atoms with Crippen LogP contribution in [0.25, 0.3) is 0 Å². The molecule has 1 aromatic heterocycles. The van der Waals surface area contributed by atoms with Crippen molar-refractivity contribution < 1.29 is 4.74 Å². The Kier molecular flexibility index (Phi) is 5.86. The van der Waals surface area contributed by atoms with E-state index < -0.39 is 0 Å². The van der Waals surface area contributed by atoms with Crippen LogP contribution in [0.5, 0.6) is 0 Å². The Labute approximate surface area is 101 Å². The van der Waals surface area contributed by atoms with Gasteiger partial charge in [0.2, 0.25) is 0 Å². The Bertz CT molecular complexity index is 384. The number of H-pyrrole nitrogens is 1. The fraction of sp³-hybridized carbons (Fsp3) is 0.667. The van der Waals surface area contributed by atoms with Gasteiger partial charge in [0, 0.05) is 24.8 Å². The van der Waals surface area contributed by atoms with Crippen LogP contribution in [-0.2, 0) is 11.2 Å². The standard InChI is InChI=1S/C12H21N3O2/c1-3-5-10(17-4-2)12-14-9(6-7-13)8-11(16)15-12/h8,10H,3-7,13H2,1-2H3,(H,14,15,16). The summed E-state index contributed by atoms with van der Waals surface area (Å²) in [6.07, 6.45) is 2.32. The average Bonchev–Trinajstić information content (AvgIpc) is 2.28. The van der Waals surface area contributed by atoms with E-state index in [0.29, 0.717) is 25.4 Å². The Hall–Kier alpha value is -1.20. The van der Waals surface area contributed by atoms with Crippen molar-refractivity contribution in [2.45, 2.75) is 39.2 Å². The van der Waals surface area contributed by atoms with Crippen LogP contribution in [0, 0.1) is 0 Å². The summed E-state index contributed by atoms with van der Waals surface area (Å²) in [5, 5.41) is 0. The number of nitrogens with two attached hydrogens (primary N) is 1. The molecule has 0 amide bonds. The number of ether oxygens (including phenoxy) is 1. The summed E-state index contributed by atoms with van der Waals surface area (Å²) in [5.41, 5.74) is 6.06. The summed E-state index contributed by atoms with van der Waals surface area (Å²) < 4.78 is 5.59. The van der Waals surface area contributed by atoms with E-state index >= 15 is 0 Å². The molecule has 0 saturated heterocycles. The van der Waals surface area contributed by atoms with Crippen molar-refractivity contribution in [2.24, 2.45) is 5.73 Å². The maximum atomic E-state index is 11.5. The number of hydrogen-bond donors (Lipinski definition) is 2. The lowest BCUT2D eigenvalue weighted by Gasteiger charge is -2.15. The topological polar surface area (TPSA) is 81.0 Å². The van der Waals surface area contributed by atoms with Crippen LogP contribution in [0.15, 0.2) is 10.9 Å². The molecule has 0 aliphatic heterocycles. The fourth-order valence-corrected chi connectivity index (χ4v) is 1.72. The first-order valence-electron chi connectivity index (χ1n) is 6.13. The van der Waals surface area contributed by atoms with E-state index in [0.717, 1.165) is 18.5 Å². The number of aromatic nitrogens is 2. The molecule has 96 valence electrons. The SMILES string of the molecule is CCCC(OCC)c1nc(CCN)cc(=O)[nH]1. The van der Waals surface area contributed by atoms with Gasteiger partial charge in [-0.2, -0.15) is 0 Å². The molecule has 5 nitrogen and oxygen atoms in total. The van der Waals surface area contributed by atoms with Gasteiger partial charge in [0.15, 0.2) is 0 Å². The van der Waals surface area contributed by atoms with Crippen LogP contribution in [0.4, 0.5) is 0 Å². The van der Waals surface area contributed by atoms with Crippen molar-refractivity contribution >= 4 is 0 Å². The summed E-state index contributed by atoms with van der Waals surface area (Å²) >= 11 is 0. The van der Waals surface area contributed by atoms with Gasteiger partial charge < -0.3 is 15.5 Å². The van der Waals surface area contributed by atoms with Gasteiger partial charge >= 0.3 is 0 Å². The van der Waals surface area contributed by atoms with Gasteiger partial charge in [-0.1, -0.05) is 13.3 Å².